The second-order valence-electron chi connectivity index (χ2n) is 14.5. The van der Waals surface area contributed by atoms with Crippen molar-refractivity contribution in [3.05, 3.63) is 168 Å². The van der Waals surface area contributed by atoms with Crippen molar-refractivity contribution in [2.45, 2.75) is 19.5 Å². The van der Waals surface area contributed by atoms with Crippen molar-refractivity contribution in [1.29, 1.82) is 0 Å². The van der Waals surface area contributed by atoms with Gasteiger partial charge in [0.1, 0.15) is 28.3 Å². The van der Waals surface area contributed by atoms with Gasteiger partial charge >= 0.3 is 5.66 Å². The average Bonchev–Trinajstić information content (AvgIpc) is 3.90. The van der Waals surface area contributed by atoms with Gasteiger partial charge < -0.3 is 9.30 Å². The van der Waals surface area contributed by atoms with Crippen molar-refractivity contribution in [2.24, 2.45) is 0 Å². The number of nitrogens with zero attached hydrogens (tertiary/aromatic N) is 6. The van der Waals surface area contributed by atoms with Gasteiger partial charge in [-0.25, -0.2) is 0 Å². The summed E-state index contributed by atoms with van der Waals surface area (Å²) in [5.74, 6) is 2.87. The topological polar surface area (TPSA) is 44.7 Å². The molecule has 8 heterocycles. The molecule has 1 spiro atoms. The van der Waals surface area contributed by atoms with Gasteiger partial charge in [-0.1, -0.05) is 65.3 Å². The summed E-state index contributed by atoms with van der Waals surface area (Å²) in [5.41, 5.74) is 12.8. The summed E-state index contributed by atoms with van der Waals surface area (Å²) < 4.78 is 19.1. The molecule has 5 aromatic carbocycles. The van der Waals surface area contributed by atoms with E-state index in [2.05, 4.69) is 183 Å². The van der Waals surface area contributed by atoms with Gasteiger partial charge in [0.2, 0.25) is 5.69 Å². The van der Waals surface area contributed by atoms with Crippen LogP contribution >= 0.6 is 0 Å². The molecule has 3 aliphatic heterocycles. The predicted molar refractivity (Wildman–Crippen MR) is 206 cm³/mol. The van der Waals surface area contributed by atoms with Gasteiger partial charge in [-0.3, -0.25) is 4.98 Å². The van der Waals surface area contributed by atoms with Gasteiger partial charge in [-0.05, 0) is 73.7 Å². The van der Waals surface area contributed by atoms with Crippen LogP contribution in [0.15, 0.2) is 146 Å². The Hall–Kier alpha value is -6.99. The SMILES string of the molecule is Cc1c(-c2cc3c4ccccc4n(-c4ccccc4)c3cn2)c(C)[n+]2n1-c1cccc3c1C21c2c(ccc4c5ccccc5n(c24)-c2cccc[n+]21)O3. The highest BCUT2D eigenvalue weighted by Gasteiger charge is 2.70. The molecule has 7 heteroatoms. The highest BCUT2D eigenvalue weighted by Crippen LogP contribution is 2.56. The van der Waals surface area contributed by atoms with Crippen molar-refractivity contribution in [2.75, 3.05) is 0 Å². The van der Waals surface area contributed by atoms with Gasteiger partial charge in [0, 0.05) is 40.2 Å². The number of aromatic nitrogens is 6. The van der Waals surface area contributed by atoms with E-state index in [-0.39, 0.29) is 0 Å². The molecule has 0 radical (unpaired) electrons. The maximum Gasteiger partial charge on any atom is 0.397 e. The number of pyridine rings is 2. The fourth-order valence-electron chi connectivity index (χ4n) is 10.2. The Kier molecular flexibility index (Phi) is 4.84. The first-order chi connectivity index (χ1) is 26.2. The molecule has 7 nitrogen and oxygen atoms in total. The van der Waals surface area contributed by atoms with E-state index in [1.165, 1.54) is 38.1 Å². The van der Waals surface area contributed by atoms with Crippen LogP contribution in [0.1, 0.15) is 22.5 Å². The van der Waals surface area contributed by atoms with Crippen molar-refractivity contribution in [3.8, 4) is 39.9 Å². The summed E-state index contributed by atoms with van der Waals surface area (Å²) in [6.07, 6.45) is 4.30. The number of hydrogen-bond acceptors (Lipinski definition) is 2. The molecule has 0 N–H and O–H groups in total. The minimum absolute atomic E-state index is 0.749. The Morgan fingerprint density at radius 1 is 0.623 bits per heavy atom. The largest absolute Gasteiger partial charge is 0.456 e. The minimum Gasteiger partial charge on any atom is -0.456 e. The fraction of sp³-hybridized carbons (Fsp3) is 0.0652. The third-order valence-electron chi connectivity index (χ3n) is 12.1. The third-order valence-corrected chi connectivity index (χ3v) is 12.1. The normalized spacial score (nSPS) is 16.0. The van der Waals surface area contributed by atoms with Gasteiger partial charge in [0.25, 0.3) is 5.82 Å². The number of para-hydroxylation sites is 3. The Morgan fingerprint density at radius 2 is 1.36 bits per heavy atom. The molecule has 53 heavy (non-hydrogen) atoms. The Balaban J connectivity index is 1.16. The Bertz CT molecular complexity index is 3290. The second-order valence-corrected chi connectivity index (χ2v) is 14.5. The predicted octanol–water partition coefficient (Wildman–Crippen LogP) is 8.96. The van der Waals surface area contributed by atoms with E-state index >= 15 is 0 Å². The Labute approximate surface area is 303 Å². The van der Waals surface area contributed by atoms with E-state index in [0.717, 1.165) is 68.0 Å². The van der Waals surface area contributed by atoms with Crippen LogP contribution in [-0.2, 0) is 5.66 Å². The maximum absolute atomic E-state index is 6.90. The van der Waals surface area contributed by atoms with E-state index in [1.807, 2.05) is 0 Å². The molecule has 0 saturated carbocycles. The van der Waals surface area contributed by atoms with E-state index in [4.69, 9.17) is 9.72 Å². The maximum atomic E-state index is 6.90. The Morgan fingerprint density at radius 3 is 2.21 bits per heavy atom. The molecule has 0 bridgehead atoms. The van der Waals surface area contributed by atoms with Crippen LogP contribution in [0.4, 0.5) is 0 Å². The summed E-state index contributed by atoms with van der Waals surface area (Å²) in [5, 5.41) is 4.85. The smallest absolute Gasteiger partial charge is 0.397 e. The molecule has 0 fully saturated rings. The van der Waals surface area contributed by atoms with Gasteiger partial charge in [-0.2, -0.15) is 9.13 Å². The molecular weight excluding hydrogens is 653 g/mol. The second kappa shape index (κ2) is 9.26. The first-order valence-electron chi connectivity index (χ1n) is 18.2. The zero-order valence-corrected chi connectivity index (χ0v) is 28.9. The molecule has 5 aromatic heterocycles. The lowest BCUT2D eigenvalue weighted by molar-refractivity contribution is -0.995. The quantitative estimate of drug-likeness (QED) is 0.171. The highest BCUT2D eigenvalue weighted by atomic mass is 16.5. The first-order valence-corrected chi connectivity index (χ1v) is 18.2. The lowest BCUT2D eigenvalue weighted by atomic mass is 9.84. The molecule has 3 aliphatic rings. The molecule has 13 rings (SSSR count). The summed E-state index contributed by atoms with van der Waals surface area (Å²) >= 11 is 0. The standard InChI is InChI=1S/C46H30N6O/c1-27-42(34-25-33-31-16-7-8-17-35(31)49(38(33)26-47-34)29-13-4-3-5-14-29)28(2)52-46-43-37(51(27)52)19-12-20-39(43)53-40-23-22-32-30-15-6-9-18-36(30)50(45(32)44(40)46)41-21-10-11-24-48(41)46/h3-26H,1-2H3/q+2. The molecule has 1 atom stereocenters. The van der Waals surface area contributed by atoms with Gasteiger partial charge in [0.15, 0.2) is 11.1 Å². The van der Waals surface area contributed by atoms with Crippen molar-refractivity contribution in [1.82, 2.24) is 18.8 Å². The zero-order chi connectivity index (χ0) is 34.7. The van der Waals surface area contributed by atoms with Crippen LogP contribution in [0.2, 0.25) is 0 Å². The van der Waals surface area contributed by atoms with E-state index in [1.54, 1.807) is 0 Å². The average molecular weight is 683 g/mol. The lowest BCUT2D eigenvalue weighted by Crippen LogP contribution is -2.77. The summed E-state index contributed by atoms with van der Waals surface area (Å²) in [7, 11) is 0. The van der Waals surface area contributed by atoms with Crippen LogP contribution < -0.4 is 14.0 Å². The van der Waals surface area contributed by atoms with E-state index < -0.39 is 5.66 Å². The molecule has 1 unspecified atom stereocenters. The number of fused-ring (bicyclic) bond motifs is 10. The summed E-state index contributed by atoms with van der Waals surface area (Å²) in [6, 6.07) is 47.7. The van der Waals surface area contributed by atoms with Crippen LogP contribution in [0.5, 0.6) is 11.5 Å². The van der Waals surface area contributed by atoms with Crippen molar-refractivity contribution < 1.29 is 14.0 Å². The highest BCUT2D eigenvalue weighted by molar-refractivity contribution is 6.12. The lowest BCUT2D eigenvalue weighted by Gasteiger charge is -2.33. The number of rotatable bonds is 2. The molecule has 10 aromatic rings. The number of benzene rings is 5. The zero-order valence-electron chi connectivity index (χ0n) is 28.9. The molecule has 0 amide bonds. The van der Waals surface area contributed by atoms with Crippen LogP contribution in [-0.4, -0.2) is 18.8 Å². The summed E-state index contributed by atoms with van der Waals surface area (Å²) in [6.45, 7) is 4.50. The fourth-order valence-corrected chi connectivity index (χ4v) is 10.2. The molecule has 0 saturated heterocycles. The van der Waals surface area contributed by atoms with Crippen molar-refractivity contribution in [3.63, 3.8) is 0 Å². The van der Waals surface area contributed by atoms with Crippen LogP contribution in [0.3, 0.4) is 0 Å². The summed E-state index contributed by atoms with van der Waals surface area (Å²) in [4.78, 5) is 5.28. The van der Waals surface area contributed by atoms with Crippen LogP contribution in [0.25, 0.3) is 72.1 Å². The van der Waals surface area contributed by atoms with Crippen LogP contribution in [0, 0.1) is 13.8 Å². The van der Waals surface area contributed by atoms with Gasteiger partial charge in [0.05, 0.1) is 40.4 Å². The third kappa shape index (κ3) is 3.02. The molecule has 0 aliphatic carbocycles. The van der Waals surface area contributed by atoms with E-state index in [0.29, 0.717) is 0 Å². The minimum atomic E-state index is -0.749. The van der Waals surface area contributed by atoms with Crippen molar-refractivity contribution >= 4 is 43.6 Å². The first kappa shape index (κ1) is 27.7. The van der Waals surface area contributed by atoms with E-state index in [9.17, 15) is 0 Å². The molecule has 248 valence electrons. The molecular formula is C46H30N6O+2. The van der Waals surface area contributed by atoms with Gasteiger partial charge in [-0.15, -0.1) is 4.68 Å². The monoisotopic (exact) mass is 682 g/mol. The number of hydrogen-bond donors (Lipinski definition) is 0. The number of ether oxygens (including phenoxy) is 1.